The van der Waals surface area contributed by atoms with Crippen molar-refractivity contribution < 1.29 is 9.53 Å². The fourth-order valence-corrected chi connectivity index (χ4v) is 4.35. The van der Waals surface area contributed by atoms with Gasteiger partial charge in [-0.05, 0) is 6.42 Å². The van der Waals surface area contributed by atoms with E-state index in [1.54, 1.807) is 0 Å². The first-order valence-electron chi connectivity index (χ1n) is 13.9. The Morgan fingerprint density at radius 2 is 0.633 bits per heavy atom. The van der Waals surface area contributed by atoms with Crippen LogP contribution in [0.3, 0.4) is 0 Å². The Bertz CT molecular complexity index is 303. The van der Waals surface area contributed by atoms with Gasteiger partial charge in [0, 0.05) is 0 Å². The van der Waals surface area contributed by atoms with Crippen molar-refractivity contribution in [2.75, 3.05) is 6.61 Å². The molecule has 0 saturated heterocycles. The van der Waals surface area contributed by atoms with Crippen LogP contribution in [0.5, 0.6) is 0 Å². The number of hydrogen-bond donors (Lipinski definition) is 0. The van der Waals surface area contributed by atoms with Gasteiger partial charge in [0.1, 0.15) is 0 Å². The van der Waals surface area contributed by atoms with Crippen LogP contribution in [0.15, 0.2) is 0 Å². The van der Waals surface area contributed by atoms with Crippen molar-refractivity contribution in [2.24, 2.45) is 0 Å². The molecule has 1 radical (unpaired) electrons. The molecule has 0 fully saturated rings. The van der Waals surface area contributed by atoms with E-state index in [0.717, 1.165) is 6.42 Å². The van der Waals surface area contributed by atoms with Crippen LogP contribution in [0.25, 0.3) is 0 Å². The highest BCUT2D eigenvalue weighted by Gasteiger charge is 1.96. The third-order valence-electron chi connectivity index (χ3n) is 6.41. The maximum Gasteiger partial charge on any atom is 0.417 e. The summed E-state index contributed by atoms with van der Waals surface area (Å²) in [7, 11) is 0. The highest BCUT2D eigenvalue weighted by atomic mass is 16.5. The van der Waals surface area contributed by atoms with Gasteiger partial charge in [-0.25, -0.2) is 4.79 Å². The highest BCUT2D eigenvalue weighted by Crippen LogP contribution is 2.15. The minimum Gasteiger partial charge on any atom is -0.457 e. The maximum absolute atomic E-state index is 9.89. The van der Waals surface area contributed by atoms with Crippen LogP contribution in [0.4, 0.5) is 0 Å². The van der Waals surface area contributed by atoms with Crippen molar-refractivity contribution in [1.29, 1.82) is 0 Å². The predicted octanol–water partition coefficient (Wildman–Crippen LogP) is 9.84. The molecule has 0 aliphatic heterocycles. The number of hydrogen-bond acceptors (Lipinski definition) is 2. The Hall–Kier alpha value is -0.530. The van der Waals surface area contributed by atoms with Gasteiger partial charge in [-0.2, -0.15) is 0 Å². The third kappa shape index (κ3) is 27.5. The molecular weight excluding hydrogens is 368 g/mol. The Morgan fingerprint density at radius 1 is 0.400 bits per heavy atom. The first-order valence-corrected chi connectivity index (χ1v) is 13.9. The van der Waals surface area contributed by atoms with Crippen LogP contribution in [0.1, 0.15) is 167 Å². The summed E-state index contributed by atoms with van der Waals surface area (Å²) in [5.41, 5.74) is 0. The molecule has 2 nitrogen and oxygen atoms in total. The summed E-state index contributed by atoms with van der Waals surface area (Å²) >= 11 is 0. The second-order valence-corrected chi connectivity index (χ2v) is 9.42. The molecule has 0 atom stereocenters. The zero-order valence-corrected chi connectivity index (χ0v) is 20.7. The predicted molar refractivity (Wildman–Crippen MR) is 133 cm³/mol. The molecule has 0 aliphatic rings. The van der Waals surface area contributed by atoms with Crippen LogP contribution in [0, 0.1) is 0 Å². The molecule has 179 valence electrons. The summed E-state index contributed by atoms with van der Waals surface area (Å²) in [5.74, 6) is 0. The summed E-state index contributed by atoms with van der Waals surface area (Å²) in [6.07, 6.45) is 35.2. The van der Waals surface area contributed by atoms with Crippen molar-refractivity contribution in [3.63, 3.8) is 0 Å². The standard InChI is InChI=1S/C28H55O2/c1-2-3-4-5-6-7-8-9-10-11-12-13-14-15-16-17-18-19-20-21-22-23-24-25-26-27-30-28-29/h2-27H2,1H3. The van der Waals surface area contributed by atoms with E-state index in [2.05, 4.69) is 11.7 Å². The van der Waals surface area contributed by atoms with Crippen LogP contribution in [-0.4, -0.2) is 13.1 Å². The van der Waals surface area contributed by atoms with Gasteiger partial charge in [0.2, 0.25) is 0 Å². The monoisotopic (exact) mass is 423 g/mol. The molecule has 0 amide bonds. The Kier molecular flexibility index (Phi) is 28.0. The van der Waals surface area contributed by atoms with E-state index in [-0.39, 0.29) is 0 Å². The van der Waals surface area contributed by atoms with Crippen molar-refractivity contribution in [1.82, 2.24) is 0 Å². The largest absolute Gasteiger partial charge is 0.457 e. The summed E-state index contributed by atoms with van der Waals surface area (Å²) in [5, 5.41) is 0. The summed E-state index contributed by atoms with van der Waals surface area (Å²) in [6.45, 7) is 4.33. The zero-order valence-electron chi connectivity index (χ0n) is 20.7. The first-order chi connectivity index (χ1) is 14.9. The smallest absolute Gasteiger partial charge is 0.417 e. The van der Waals surface area contributed by atoms with Gasteiger partial charge < -0.3 is 4.74 Å². The van der Waals surface area contributed by atoms with Gasteiger partial charge in [-0.3, -0.25) is 0 Å². The van der Waals surface area contributed by atoms with E-state index in [0.29, 0.717) is 6.61 Å². The van der Waals surface area contributed by atoms with Crippen LogP contribution < -0.4 is 0 Å². The van der Waals surface area contributed by atoms with Crippen molar-refractivity contribution >= 4 is 6.47 Å². The number of rotatable bonds is 27. The van der Waals surface area contributed by atoms with Crippen molar-refractivity contribution in [3.8, 4) is 0 Å². The van der Waals surface area contributed by atoms with E-state index in [1.165, 1.54) is 161 Å². The fourth-order valence-electron chi connectivity index (χ4n) is 4.35. The van der Waals surface area contributed by atoms with Crippen molar-refractivity contribution in [2.45, 2.75) is 167 Å². The van der Waals surface area contributed by atoms with E-state index < -0.39 is 0 Å². The molecule has 0 aromatic heterocycles. The molecule has 0 aliphatic carbocycles. The van der Waals surface area contributed by atoms with Gasteiger partial charge >= 0.3 is 6.47 Å². The molecule has 0 unspecified atom stereocenters. The molecule has 0 N–H and O–H groups in total. The third-order valence-corrected chi connectivity index (χ3v) is 6.41. The molecule has 0 heterocycles. The molecule has 0 aromatic rings. The molecule has 0 saturated carbocycles. The normalized spacial score (nSPS) is 11.1. The minimum atomic E-state index is 0.544. The fraction of sp³-hybridized carbons (Fsp3) is 0.964. The highest BCUT2D eigenvalue weighted by molar-refractivity contribution is 5.37. The Morgan fingerprint density at radius 3 is 0.867 bits per heavy atom. The van der Waals surface area contributed by atoms with Crippen molar-refractivity contribution in [3.05, 3.63) is 0 Å². The SMILES string of the molecule is CCCCCCCCCCCCCCCCCCCCCCCCCCCO[C]=O. The molecular formula is C28H55O2. The molecule has 2 heteroatoms. The number of ether oxygens (including phenoxy) is 1. The number of carbonyl (C=O) groups excluding carboxylic acids is 1. The van der Waals surface area contributed by atoms with E-state index in [4.69, 9.17) is 0 Å². The van der Waals surface area contributed by atoms with Gasteiger partial charge in [0.15, 0.2) is 0 Å². The second kappa shape index (κ2) is 28.5. The maximum atomic E-state index is 9.89. The van der Waals surface area contributed by atoms with Crippen LogP contribution >= 0.6 is 0 Å². The molecule has 30 heavy (non-hydrogen) atoms. The zero-order chi connectivity index (χ0) is 21.8. The second-order valence-electron chi connectivity index (χ2n) is 9.42. The lowest BCUT2D eigenvalue weighted by atomic mass is 10.0. The average molecular weight is 424 g/mol. The molecule has 0 aromatic carbocycles. The van der Waals surface area contributed by atoms with Gasteiger partial charge in [-0.1, -0.05) is 161 Å². The Balaban J connectivity index is 2.98. The van der Waals surface area contributed by atoms with E-state index in [9.17, 15) is 4.79 Å². The summed E-state index contributed by atoms with van der Waals surface area (Å²) in [4.78, 5) is 9.89. The lowest BCUT2D eigenvalue weighted by Crippen LogP contribution is -1.91. The quantitative estimate of drug-likeness (QED) is 0.123. The molecule has 0 rings (SSSR count). The summed E-state index contributed by atoms with van der Waals surface area (Å²) < 4.78 is 4.58. The average Bonchev–Trinajstić information content (AvgIpc) is 2.76. The topological polar surface area (TPSA) is 26.3 Å². The lowest BCUT2D eigenvalue weighted by Gasteiger charge is -2.04. The van der Waals surface area contributed by atoms with Gasteiger partial charge in [0.05, 0.1) is 6.61 Å². The minimum absolute atomic E-state index is 0.544. The van der Waals surface area contributed by atoms with Crippen LogP contribution in [-0.2, 0) is 9.53 Å². The summed E-state index contributed by atoms with van der Waals surface area (Å²) in [6, 6.07) is 0. The lowest BCUT2D eigenvalue weighted by molar-refractivity contribution is 0.268. The van der Waals surface area contributed by atoms with E-state index >= 15 is 0 Å². The molecule has 0 spiro atoms. The van der Waals surface area contributed by atoms with Gasteiger partial charge in [-0.15, -0.1) is 0 Å². The van der Waals surface area contributed by atoms with Gasteiger partial charge in [0.25, 0.3) is 0 Å². The number of unbranched alkanes of at least 4 members (excludes halogenated alkanes) is 24. The van der Waals surface area contributed by atoms with E-state index in [1.807, 2.05) is 0 Å². The first kappa shape index (κ1) is 29.5. The van der Waals surface area contributed by atoms with Crippen LogP contribution in [0.2, 0.25) is 0 Å². The Labute approximate surface area is 190 Å². The molecule has 0 bridgehead atoms.